The molecule has 7 heteroatoms. The molecule has 1 aromatic carbocycles. The van der Waals surface area contributed by atoms with Gasteiger partial charge in [0.1, 0.15) is 11.3 Å². The summed E-state index contributed by atoms with van der Waals surface area (Å²) in [6.07, 6.45) is 3.39. The molecule has 3 aromatic rings. The molecule has 0 aliphatic rings. The first-order chi connectivity index (χ1) is 10.2. The topological polar surface area (TPSA) is 88.5 Å². The second-order valence-electron chi connectivity index (χ2n) is 4.91. The molecule has 2 aromatic heterocycles. The van der Waals surface area contributed by atoms with Crippen molar-refractivity contribution in [1.82, 2.24) is 30.3 Å². The molecule has 0 aliphatic carbocycles. The van der Waals surface area contributed by atoms with E-state index in [1.165, 1.54) is 0 Å². The van der Waals surface area contributed by atoms with Crippen LogP contribution in [0.15, 0.2) is 36.7 Å². The second-order valence-corrected chi connectivity index (χ2v) is 4.91. The second kappa shape index (κ2) is 5.74. The van der Waals surface area contributed by atoms with Crippen LogP contribution in [-0.2, 0) is 17.9 Å². The van der Waals surface area contributed by atoms with Crippen LogP contribution in [0.5, 0.6) is 0 Å². The predicted octanol–water partition coefficient (Wildman–Crippen LogP) is 1.11. The highest BCUT2D eigenvalue weighted by Gasteiger charge is 2.15. The van der Waals surface area contributed by atoms with E-state index in [0.29, 0.717) is 13.1 Å². The van der Waals surface area contributed by atoms with Crippen LogP contribution in [0.2, 0.25) is 0 Å². The van der Waals surface area contributed by atoms with Gasteiger partial charge in [0.05, 0.1) is 24.5 Å². The van der Waals surface area contributed by atoms with Gasteiger partial charge in [0.25, 0.3) is 0 Å². The predicted molar refractivity (Wildman–Crippen MR) is 77.1 cm³/mol. The minimum Gasteiger partial charge on any atom is -0.349 e. The fourth-order valence-electron chi connectivity index (χ4n) is 2.13. The van der Waals surface area contributed by atoms with Gasteiger partial charge >= 0.3 is 0 Å². The molecule has 1 atom stereocenters. The van der Waals surface area contributed by atoms with Crippen molar-refractivity contribution in [3.8, 4) is 0 Å². The maximum atomic E-state index is 12.1. The third kappa shape index (κ3) is 2.91. The summed E-state index contributed by atoms with van der Waals surface area (Å²) in [7, 11) is 0. The van der Waals surface area contributed by atoms with Crippen LogP contribution in [-0.4, -0.2) is 30.9 Å². The van der Waals surface area contributed by atoms with Crippen molar-refractivity contribution in [3.05, 3.63) is 42.5 Å². The van der Waals surface area contributed by atoms with Crippen LogP contribution in [0.3, 0.4) is 0 Å². The summed E-state index contributed by atoms with van der Waals surface area (Å²) < 4.78 is 1.76. The number of nitrogens with one attached hydrogen (secondary N) is 2. The van der Waals surface area contributed by atoms with Gasteiger partial charge in [-0.1, -0.05) is 24.3 Å². The largest absolute Gasteiger partial charge is 0.349 e. The standard InChI is InChI=1S/C14H16N6O/c1-10(14(21)17-8-13-15-6-7-16-13)9-20-12-5-3-2-4-11(12)18-19-20/h2-7,10H,8-9H2,1H3,(H,15,16)(H,17,21). The number of benzene rings is 1. The Balaban J connectivity index is 1.62. The highest BCUT2D eigenvalue weighted by molar-refractivity contribution is 5.78. The van der Waals surface area contributed by atoms with Crippen LogP contribution in [0, 0.1) is 5.92 Å². The number of hydrogen-bond donors (Lipinski definition) is 2. The molecule has 1 unspecified atom stereocenters. The summed E-state index contributed by atoms with van der Waals surface area (Å²) in [5.74, 6) is 0.498. The van der Waals surface area contributed by atoms with Crippen LogP contribution in [0.4, 0.5) is 0 Å². The van der Waals surface area contributed by atoms with Gasteiger partial charge in [-0.3, -0.25) is 4.79 Å². The van der Waals surface area contributed by atoms with E-state index in [4.69, 9.17) is 0 Å². The number of H-pyrrole nitrogens is 1. The maximum Gasteiger partial charge on any atom is 0.225 e. The molecule has 7 nitrogen and oxygen atoms in total. The Morgan fingerprint density at radius 3 is 3.10 bits per heavy atom. The van der Waals surface area contributed by atoms with Crippen LogP contribution in [0.1, 0.15) is 12.7 Å². The molecule has 2 N–H and O–H groups in total. The number of fused-ring (bicyclic) bond motifs is 1. The minimum atomic E-state index is -0.204. The number of aromatic amines is 1. The molecule has 108 valence electrons. The number of nitrogens with zero attached hydrogens (tertiary/aromatic N) is 4. The normalized spacial score (nSPS) is 12.4. The smallest absolute Gasteiger partial charge is 0.225 e. The van der Waals surface area contributed by atoms with E-state index < -0.39 is 0 Å². The van der Waals surface area contributed by atoms with Gasteiger partial charge < -0.3 is 10.3 Å². The molecule has 0 aliphatic heterocycles. The Morgan fingerprint density at radius 1 is 1.43 bits per heavy atom. The average molecular weight is 284 g/mol. The summed E-state index contributed by atoms with van der Waals surface area (Å²) in [4.78, 5) is 19.1. The van der Waals surface area contributed by atoms with Crippen LogP contribution < -0.4 is 5.32 Å². The third-order valence-corrected chi connectivity index (χ3v) is 3.30. The van der Waals surface area contributed by atoms with Crippen molar-refractivity contribution in [2.45, 2.75) is 20.0 Å². The van der Waals surface area contributed by atoms with Crippen molar-refractivity contribution >= 4 is 16.9 Å². The number of hydrogen-bond acceptors (Lipinski definition) is 4. The Morgan fingerprint density at radius 2 is 2.29 bits per heavy atom. The zero-order valence-corrected chi connectivity index (χ0v) is 11.7. The van der Waals surface area contributed by atoms with Crippen molar-refractivity contribution < 1.29 is 4.79 Å². The number of amides is 1. The highest BCUT2D eigenvalue weighted by Crippen LogP contribution is 2.11. The molecule has 0 radical (unpaired) electrons. The SMILES string of the molecule is CC(Cn1nnc2ccccc21)C(=O)NCc1ncc[nH]1. The van der Waals surface area contributed by atoms with Crippen molar-refractivity contribution in [1.29, 1.82) is 0 Å². The van der Waals surface area contributed by atoms with Gasteiger partial charge in [0.15, 0.2) is 0 Å². The van der Waals surface area contributed by atoms with Gasteiger partial charge in [-0.05, 0) is 12.1 Å². The molecule has 0 bridgehead atoms. The highest BCUT2D eigenvalue weighted by atomic mass is 16.1. The molecule has 21 heavy (non-hydrogen) atoms. The molecule has 0 spiro atoms. The number of carbonyl (C=O) groups is 1. The zero-order valence-electron chi connectivity index (χ0n) is 11.7. The fraction of sp³-hybridized carbons (Fsp3) is 0.286. The van der Waals surface area contributed by atoms with Gasteiger partial charge in [0.2, 0.25) is 5.91 Å². The third-order valence-electron chi connectivity index (χ3n) is 3.30. The first-order valence-corrected chi connectivity index (χ1v) is 6.78. The summed E-state index contributed by atoms with van der Waals surface area (Å²) in [5.41, 5.74) is 1.77. The van der Waals surface area contributed by atoms with E-state index in [9.17, 15) is 4.79 Å². The number of para-hydroxylation sites is 1. The molecule has 1 amide bonds. The van der Waals surface area contributed by atoms with Gasteiger partial charge in [-0.15, -0.1) is 5.10 Å². The van der Waals surface area contributed by atoms with Crippen molar-refractivity contribution in [2.75, 3.05) is 0 Å². The van der Waals surface area contributed by atoms with Crippen LogP contribution in [0.25, 0.3) is 11.0 Å². The van der Waals surface area contributed by atoms with Gasteiger partial charge in [-0.25, -0.2) is 9.67 Å². The number of aromatic nitrogens is 5. The molecular formula is C14H16N6O. The van der Waals surface area contributed by atoms with Gasteiger partial charge in [0, 0.05) is 12.4 Å². The lowest BCUT2D eigenvalue weighted by atomic mass is 10.1. The van der Waals surface area contributed by atoms with Crippen molar-refractivity contribution in [2.24, 2.45) is 5.92 Å². The maximum absolute atomic E-state index is 12.1. The quantitative estimate of drug-likeness (QED) is 0.734. The Bertz CT molecular complexity index is 733. The summed E-state index contributed by atoms with van der Waals surface area (Å²) >= 11 is 0. The van der Waals surface area contributed by atoms with E-state index in [1.54, 1.807) is 17.1 Å². The number of carbonyl (C=O) groups excluding carboxylic acids is 1. The molecule has 0 saturated carbocycles. The van der Waals surface area contributed by atoms with Crippen LogP contribution >= 0.6 is 0 Å². The van der Waals surface area contributed by atoms with E-state index >= 15 is 0 Å². The summed E-state index contributed by atoms with van der Waals surface area (Å²) in [6.45, 7) is 2.76. The number of rotatable bonds is 5. The summed E-state index contributed by atoms with van der Waals surface area (Å²) in [5, 5.41) is 11.0. The Labute approximate surface area is 121 Å². The molecule has 0 fully saturated rings. The lowest BCUT2D eigenvalue weighted by Crippen LogP contribution is -2.31. The average Bonchev–Trinajstić information content (AvgIpc) is 3.15. The van der Waals surface area contributed by atoms with Gasteiger partial charge in [-0.2, -0.15) is 0 Å². The van der Waals surface area contributed by atoms with E-state index in [1.807, 2.05) is 31.2 Å². The lowest BCUT2D eigenvalue weighted by molar-refractivity contribution is -0.125. The van der Waals surface area contributed by atoms with E-state index in [2.05, 4.69) is 25.6 Å². The summed E-state index contributed by atoms with van der Waals surface area (Å²) in [6, 6.07) is 7.70. The zero-order chi connectivity index (χ0) is 14.7. The lowest BCUT2D eigenvalue weighted by Gasteiger charge is -2.11. The first kappa shape index (κ1) is 13.3. The fourth-order valence-corrected chi connectivity index (χ4v) is 2.13. The number of imidazole rings is 1. The van der Waals surface area contributed by atoms with Crippen molar-refractivity contribution in [3.63, 3.8) is 0 Å². The molecule has 0 saturated heterocycles. The minimum absolute atomic E-state index is 0.0361. The Hall–Kier alpha value is -2.70. The Kier molecular flexibility index (Phi) is 3.63. The first-order valence-electron chi connectivity index (χ1n) is 6.78. The molecular weight excluding hydrogens is 268 g/mol. The van der Waals surface area contributed by atoms with E-state index in [-0.39, 0.29) is 11.8 Å². The van der Waals surface area contributed by atoms with E-state index in [0.717, 1.165) is 16.9 Å². The molecule has 3 rings (SSSR count). The monoisotopic (exact) mass is 284 g/mol. The molecule has 2 heterocycles.